The zero-order valence-corrected chi connectivity index (χ0v) is 12.0. The number of imidazole rings is 1. The number of rotatable bonds is 4. The first-order valence-corrected chi connectivity index (χ1v) is 6.70. The summed E-state index contributed by atoms with van der Waals surface area (Å²) in [6.07, 6.45) is 2.41. The van der Waals surface area contributed by atoms with Gasteiger partial charge in [-0.05, 0) is 31.0 Å². The zero-order chi connectivity index (χ0) is 14.3. The van der Waals surface area contributed by atoms with Gasteiger partial charge in [0.2, 0.25) is 0 Å². The maximum Gasteiger partial charge on any atom is 0.161 e. The monoisotopic (exact) mass is 273 g/mol. The molecule has 0 radical (unpaired) electrons. The fraction of sp³-hybridized carbons (Fsp3) is 0.400. The van der Waals surface area contributed by atoms with Crippen LogP contribution in [-0.2, 0) is 7.05 Å². The highest BCUT2D eigenvalue weighted by atomic mass is 16.5. The van der Waals surface area contributed by atoms with Crippen LogP contribution in [0.1, 0.15) is 24.6 Å². The van der Waals surface area contributed by atoms with Gasteiger partial charge in [-0.15, -0.1) is 0 Å². The fourth-order valence-corrected chi connectivity index (χ4v) is 2.43. The Morgan fingerprint density at radius 2 is 1.90 bits per heavy atom. The van der Waals surface area contributed by atoms with Gasteiger partial charge < -0.3 is 19.8 Å². The van der Waals surface area contributed by atoms with E-state index in [0.717, 1.165) is 17.1 Å². The van der Waals surface area contributed by atoms with E-state index in [0.29, 0.717) is 23.2 Å². The SMILES string of the molecule is COc1ccc(-c2nc(C3CC3)n(C)c2N)cc1OC. The summed E-state index contributed by atoms with van der Waals surface area (Å²) in [5.74, 6) is 3.72. The van der Waals surface area contributed by atoms with Crippen LogP contribution in [0.25, 0.3) is 11.3 Å². The van der Waals surface area contributed by atoms with Gasteiger partial charge >= 0.3 is 0 Å². The van der Waals surface area contributed by atoms with Crippen molar-refractivity contribution in [3.8, 4) is 22.8 Å². The number of ether oxygens (including phenoxy) is 2. The van der Waals surface area contributed by atoms with E-state index in [1.807, 2.05) is 29.8 Å². The molecule has 1 aliphatic carbocycles. The molecule has 1 aromatic carbocycles. The second kappa shape index (κ2) is 4.74. The van der Waals surface area contributed by atoms with Gasteiger partial charge in [0.05, 0.1) is 14.2 Å². The molecule has 2 N–H and O–H groups in total. The van der Waals surface area contributed by atoms with Crippen LogP contribution in [0, 0.1) is 0 Å². The van der Waals surface area contributed by atoms with E-state index < -0.39 is 0 Å². The molecule has 0 amide bonds. The van der Waals surface area contributed by atoms with Crippen molar-refractivity contribution in [3.05, 3.63) is 24.0 Å². The van der Waals surface area contributed by atoms with E-state index in [1.165, 1.54) is 12.8 Å². The van der Waals surface area contributed by atoms with Crippen molar-refractivity contribution in [2.45, 2.75) is 18.8 Å². The number of hydrogen-bond donors (Lipinski definition) is 1. The number of nitrogen functional groups attached to an aromatic ring is 1. The van der Waals surface area contributed by atoms with E-state index >= 15 is 0 Å². The number of nitrogens with zero attached hydrogens (tertiary/aromatic N) is 2. The average molecular weight is 273 g/mol. The number of benzene rings is 1. The highest BCUT2D eigenvalue weighted by molar-refractivity contribution is 5.73. The number of nitrogens with two attached hydrogens (primary N) is 1. The fourth-order valence-electron chi connectivity index (χ4n) is 2.43. The van der Waals surface area contributed by atoms with Crippen LogP contribution in [0.3, 0.4) is 0 Å². The Morgan fingerprint density at radius 3 is 2.50 bits per heavy atom. The molecule has 0 aliphatic heterocycles. The highest BCUT2D eigenvalue weighted by Gasteiger charge is 2.30. The lowest BCUT2D eigenvalue weighted by molar-refractivity contribution is 0.355. The molecule has 1 fully saturated rings. The molecule has 0 unspecified atom stereocenters. The smallest absolute Gasteiger partial charge is 0.161 e. The lowest BCUT2D eigenvalue weighted by atomic mass is 10.1. The van der Waals surface area contributed by atoms with E-state index in [9.17, 15) is 0 Å². The van der Waals surface area contributed by atoms with Gasteiger partial charge in [0.15, 0.2) is 11.5 Å². The first kappa shape index (κ1) is 12.8. The lowest BCUT2D eigenvalue weighted by Gasteiger charge is -2.08. The Kier molecular flexibility index (Phi) is 3.04. The second-order valence-electron chi connectivity index (χ2n) is 5.11. The van der Waals surface area contributed by atoms with Gasteiger partial charge in [-0.2, -0.15) is 0 Å². The summed E-state index contributed by atoms with van der Waals surface area (Å²) in [4.78, 5) is 4.71. The molecule has 0 bridgehead atoms. The highest BCUT2D eigenvalue weighted by Crippen LogP contribution is 2.42. The largest absolute Gasteiger partial charge is 0.493 e. The normalized spacial score (nSPS) is 14.3. The number of hydrogen-bond acceptors (Lipinski definition) is 4. The van der Waals surface area contributed by atoms with Crippen molar-refractivity contribution in [1.82, 2.24) is 9.55 Å². The van der Waals surface area contributed by atoms with E-state index in [2.05, 4.69) is 0 Å². The van der Waals surface area contributed by atoms with Crippen LogP contribution < -0.4 is 15.2 Å². The predicted octanol–water partition coefficient (Wildman–Crippen LogP) is 2.56. The molecule has 5 nitrogen and oxygen atoms in total. The molecule has 106 valence electrons. The molecule has 5 heteroatoms. The van der Waals surface area contributed by atoms with E-state index in [4.69, 9.17) is 20.2 Å². The zero-order valence-electron chi connectivity index (χ0n) is 12.0. The molecule has 20 heavy (non-hydrogen) atoms. The molecule has 0 atom stereocenters. The third kappa shape index (κ3) is 1.99. The Hall–Kier alpha value is -2.17. The maximum atomic E-state index is 6.19. The van der Waals surface area contributed by atoms with Gasteiger partial charge in [-0.25, -0.2) is 4.98 Å². The minimum atomic E-state index is 0.566. The summed E-state index contributed by atoms with van der Waals surface area (Å²) in [6, 6.07) is 5.74. The molecule has 0 saturated heterocycles. The van der Waals surface area contributed by atoms with E-state index in [1.54, 1.807) is 14.2 Å². The predicted molar refractivity (Wildman–Crippen MR) is 78.1 cm³/mol. The van der Waals surface area contributed by atoms with Gasteiger partial charge in [0, 0.05) is 18.5 Å². The van der Waals surface area contributed by atoms with Crippen LogP contribution in [0.5, 0.6) is 11.5 Å². The first-order valence-electron chi connectivity index (χ1n) is 6.70. The number of aromatic nitrogens is 2. The third-order valence-electron chi connectivity index (χ3n) is 3.77. The molecule has 1 aromatic heterocycles. The molecule has 1 aliphatic rings. The van der Waals surface area contributed by atoms with Gasteiger partial charge in [0.1, 0.15) is 17.3 Å². The maximum absolute atomic E-state index is 6.19. The summed E-state index contributed by atoms with van der Waals surface area (Å²) in [5, 5.41) is 0. The molecule has 3 rings (SSSR count). The summed E-state index contributed by atoms with van der Waals surface area (Å²) in [6.45, 7) is 0. The second-order valence-corrected chi connectivity index (χ2v) is 5.11. The molecule has 1 saturated carbocycles. The first-order chi connectivity index (χ1) is 9.65. The Balaban J connectivity index is 2.06. The molecule has 2 aromatic rings. The van der Waals surface area contributed by atoms with Crippen LogP contribution in [0.15, 0.2) is 18.2 Å². The van der Waals surface area contributed by atoms with E-state index in [-0.39, 0.29) is 0 Å². The summed E-state index contributed by atoms with van der Waals surface area (Å²) in [5.41, 5.74) is 7.95. The molecular formula is C15H19N3O2. The Labute approximate surface area is 118 Å². The molecule has 0 spiro atoms. The van der Waals surface area contributed by atoms with Gasteiger partial charge in [0.25, 0.3) is 0 Å². The molecule has 1 heterocycles. The minimum Gasteiger partial charge on any atom is -0.493 e. The van der Waals surface area contributed by atoms with Gasteiger partial charge in [-0.3, -0.25) is 0 Å². The minimum absolute atomic E-state index is 0.566. The van der Waals surface area contributed by atoms with Crippen LogP contribution in [0.4, 0.5) is 5.82 Å². The Morgan fingerprint density at radius 1 is 1.20 bits per heavy atom. The lowest BCUT2D eigenvalue weighted by Crippen LogP contribution is -2.00. The summed E-state index contributed by atoms with van der Waals surface area (Å²) < 4.78 is 12.6. The van der Waals surface area contributed by atoms with Crippen molar-refractivity contribution in [2.24, 2.45) is 7.05 Å². The average Bonchev–Trinajstić information content (AvgIpc) is 3.27. The Bertz CT molecular complexity index is 645. The molecular weight excluding hydrogens is 254 g/mol. The van der Waals surface area contributed by atoms with Crippen molar-refractivity contribution in [2.75, 3.05) is 20.0 Å². The summed E-state index contributed by atoms with van der Waals surface area (Å²) in [7, 11) is 5.22. The number of anilines is 1. The van der Waals surface area contributed by atoms with Crippen LogP contribution in [0.2, 0.25) is 0 Å². The van der Waals surface area contributed by atoms with Crippen LogP contribution >= 0.6 is 0 Å². The summed E-state index contributed by atoms with van der Waals surface area (Å²) >= 11 is 0. The van der Waals surface area contributed by atoms with Crippen LogP contribution in [-0.4, -0.2) is 23.8 Å². The standard InChI is InChI=1S/C15H19N3O2/c1-18-14(16)13(17-15(18)9-4-5-9)10-6-7-11(19-2)12(8-10)20-3/h6-9H,4-5,16H2,1-3H3. The van der Waals surface area contributed by atoms with Gasteiger partial charge in [-0.1, -0.05) is 0 Å². The topological polar surface area (TPSA) is 62.3 Å². The number of methoxy groups -OCH3 is 2. The third-order valence-corrected chi connectivity index (χ3v) is 3.77. The quantitative estimate of drug-likeness (QED) is 0.930. The van der Waals surface area contributed by atoms with Crippen molar-refractivity contribution in [3.63, 3.8) is 0 Å². The van der Waals surface area contributed by atoms with Crippen molar-refractivity contribution in [1.29, 1.82) is 0 Å². The van der Waals surface area contributed by atoms with Crippen molar-refractivity contribution >= 4 is 5.82 Å². The van der Waals surface area contributed by atoms with Crippen molar-refractivity contribution < 1.29 is 9.47 Å².